The quantitative estimate of drug-likeness (QED) is 0.490. The van der Waals surface area contributed by atoms with E-state index in [1.807, 2.05) is 0 Å². The van der Waals surface area contributed by atoms with Crippen molar-refractivity contribution < 1.29 is 10.0 Å². The van der Waals surface area contributed by atoms with Crippen molar-refractivity contribution >= 4 is 17.3 Å². The average molecular weight is 212 g/mol. The molecule has 4 N–H and O–H groups in total. The third-order valence-electron chi connectivity index (χ3n) is 1.71. The Labute approximate surface area is 86.1 Å². The van der Waals surface area contributed by atoms with Gasteiger partial charge in [-0.25, -0.2) is 4.98 Å². The lowest BCUT2D eigenvalue weighted by molar-refractivity contribution is -0.384. The molecule has 82 valence electrons. The minimum atomic E-state index is -0.549. The molecule has 1 aromatic rings. The van der Waals surface area contributed by atoms with E-state index in [0.717, 1.165) is 0 Å². The second-order valence-electron chi connectivity index (χ2n) is 3.12. The van der Waals surface area contributed by atoms with Crippen LogP contribution in [0.3, 0.4) is 0 Å². The Bertz CT molecular complexity index is 369. The zero-order valence-corrected chi connectivity index (χ0v) is 8.17. The molecular formula is C8H12N4O3. The zero-order chi connectivity index (χ0) is 11.4. The van der Waals surface area contributed by atoms with Crippen LogP contribution in [-0.2, 0) is 0 Å². The van der Waals surface area contributed by atoms with Gasteiger partial charge in [-0.2, -0.15) is 0 Å². The van der Waals surface area contributed by atoms with Crippen LogP contribution in [-0.4, -0.2) is 27.7 Å². The summed E-state index contributed by atoms with van der Waals surface area (Å²) >= 11 is 0. The van der Waals surface area contributed by atoms with E-state index in [1.54, 1.807) is 6.92 Å². The van der Waals surface area contributed by atoms with Gasteiger partial charge in [-0.3, -0.25) is 10.1 Å². The summed E-state index contributed by atoms with van der Waals surface area (Å²) in [5.41, 5.74) is 5.27. The van der Waals surface area contributed by atoms with Crippen LogP contribution in [0.1, 0.15) is 6.92 Å². The highest BCUT2D eigenvalue weighted by molar-refractivity contribution is 5.52. The molecule has 1 rings (SSSR count). The van der Waals surface area contributed by atoms with Crippen molar-refractivity contribution in [3.05, 3.63) is 22.2 Å². The van der Waals surface area contributed by atoms with Gasteiger partial charge in [-0.15, -0.1) is 0 Å². The lowest BCUT2D eigenvalue weighted by atomic mass is 10.3. The molecular weight excluding hydrogens is 200 g/mol. The first-order valence-electron chi connectivity index (χ1n) is 4.32. The Balaban J connectivity index is 2.93. The Morgan fingerprint density at radius 1 is 1.73 bits per heavy atom. The molecule has 0 bridgehead atoms. The summed E-state index contributed by atoms with van der Waals surface area (Å²) in [7, 11) is 0. The molecule has 0 radical (unpaired) electrons. The second kappa shape index (κ2) is 4.56. The van der Waals surface area contributed by atoms with Crippen molar-refractivity contribution in [1.82, 2.24) is 4.98 Å². The number of anilines is 2. The van der Waals surface area contributed by atoms with Gasteiger partial charge in [0.1, 0.15) is 11.6 Å². The first kappa shape index (κ1) is 11.2. The van der Waals surface area contributed by atoms with Crippen molar-refractivity contribution in [2.75, 3.05) is 17.7 Å². The maximum Gasteiger partial charge on any atom is 0.276 e. The number of hydrogen-bond donors (Lipinski definition) is 3. The molecule has 1 unspecified atom stereocenters. The molecule has 15 heavy (non-hydrogen) atoms. The average Bonchev–Trinajstić information content (AvgIpc) is 2.16. The molecule has 0 spiro atoms. The highest BCUT2D eigenvalue weighted by Crippen LogP contribution is 2.18. The van der Waals surface area contributed by atoms with Gasteiger partial charge in [-0.05, 0) is 6.92 Å². The largest absolute Gasteiger partial charge is 0.394 e. The zero-order valence-electron chi connectivity index (χ0n) is 8.17. The van der Waals surface area contributed by atoms with E-state index in [0.29, 0.717) is 0 Å². The number of aliphatic hydroxyl groups excluding tert-OH is 1. The van der Waals surface area contributed by atoms with Crippen molar-refractivity contribution in [2.45, 2.75) is 13.0 Å². The smallest absolute Gasteiger partial charge is 0.276 e. The third kappa shape index (κ3) is 3.06. The van der Waals surface area contributed by atoms with Crippen LogP contribution in [0.5, 0.6) is 0 Å². The molecule has 1 atom stereocenters. The van der Waals surface area contributed by atoms with E-state index in [2.05, 4.69) is 10.3 Å². The molecule has 0 amide bonds. The van der Waals surface area contributed by atoms with E-state index in [1.165, 1.54) is 12.1 Å². The van der Waals surface area contributed by atoms with Gasteiger partial charge in [0.2, 0.25) is 0 Å². The number of nitrogens with one attached hydrogen (secondary N) is 1. The maximum absolute atomic E-state index is 10.5. The number of aromatic nitrogens is 1. The van der Waals surface area contributed by atoms with Gasteiger partial charge in [0.15, 0.2) is 0 Å². The number of hydrogen-bond acceptors (Lipinski definition) is 6. The number of aliphatic hydroxyl groups is 1. The molecule has 7 heteroatoms. The maximum atomic E-state index is 10.5. The summed E-state index contributed by atoms with van der Waals surface area (Å²) < 4.78 is 0. The van der Waals surface area contributed by atoms with Crippen molar-refractivity contribution in [1.29, 1.82) is 0 Å². The molecule has 0 saturated heterocycles. The molecule has 0 aromatic carbocycles. The van der Waals surface area contributed by atoms with E-state index in [9.17, 15) is 10.1 Å². The van der Waals surface area contributed by atoms with Gasteiger partial charge >= 0.3 is 0 Å². The fourth-order valence-electron chi connectivity index (χ4n) is 1.01. The monoisotopic (exact) mass is 212 g/mol. The summed E-state index contributed by atoms with van der Waals surface area (Å²) in [6.07, 6.45) is 0. The lowest BCUT2D eigenvalue weighted by Crippen LogP contribution is -2.20. The van der Waals surface area contributed by atoms with E-state index >= 15 is 0 Å². The number of nitrogens with two attached hydrogens (primary N) is 1. The Kier molecular flexibility index (Phi) is 3.40. The van der Waals surface area contributed by atoms with Crippen molar-refractivity contribution in [3.63, 3.8) is 0 Å². The van der Waals surface area contributed by atoms with Crippen LogP contribution in [0, 0.1) is 10.1 Å². The van der Waals surface area contributed by atoms with Crippen LogP contribution in [0.2, 0.25) is 0 Å². The normalized spacial score (nSPS) is 12.1. The molecule has 1 aromatic heterocycles. The van der Waals surface area contributed by atoms with Crippen molar-refractivity contribution in [2.24, 2.45) is 0 Å². The fraction of sp³-hybridized carbons (Fsp3) is 0.375. The minimum Gasteiger partial charge on any atom is -0.394 e. The highest BCUT2D eigenvalue weighted by Gasteiger charge is 2.10. The number of nitrogen functional groups attached to an aromatic ring is 1. The first-order chi connectivity index (χ1) is 7.02. The molecule has 0 fully saturated rings. The van der Waals surface area contributed by atoms with E-state index in [4.69, 9.17) is 10.8 Å². The SMILES string of the molecule is CC(CO)Nc1cc([N+](=O)[O-])cc(N)n1. The number of nitro groups is 1. The molecule has 0 aliphatic rings. The number of pyridine rings is 1. The fourth-order valence-corrected chi connectivity index (χ4v) is 1.01. The van der Waals surface area contributed by atoms with Gasteiger partial charge in [0.25, 0.3) is 5.69 Å². The molecule has 0 aliphatic carbocycles. The third-order valence-corrected chi connectivity index (χ3v) is 1.71. The summed E-state index contributed by atoms with van der Waals surface area (Å²) in [4.78, 5) is 13.8. The minimum absolute atomic E-state index is 0.0665. The molecule has 1 heterocycles. The number of rotatable bonds is 4. The number of nitrogens with zero attached hydrogens (tertiary/aromatic N) is 2. The van der Waals surface area contributed by atoms with Gasteiger partial charge in [0.05, 0.1) is 23.7 Å². The topological polar surface area (TPSA) is 114 Å². The first-order valence-corrected chi connectivity index (χ1v) is 4.32. The Hall–Kier alpha value is -1.89. The van der Waals surface area contributed by atoms with Gasteiger partial charge in [-0.1, -0.05) is 0 Å². The van der Waals surface area contributed by atoms with Crippen molar-refractivity contribution in [3.8, 4) is 0 Å². The summed E-state index contributed by atoms with van der Waals surface area (Å²) in [5.74, 6) is 0.347. The Morgan fingerprint density at radius 3 is 2.93 bits per heavy atom. The Morgan fingerprint density at radius 2 is 2.40 bits per heavy atom. The predicted octanol–water partition coefficient (Wildman–Crippen LogP) is 0.365. The van der Waals surface area contributed by atoms with Gasteiger partial charge in [0, 0.05) is 6.04 Å². The lowest BCUT2D eigenvalue weighted by Gasteiger charge is -2.11. The highest BCUT2D eigenvalue weighted by atomic mass is 16.6. The standard InChI is InChI=1S/C8H12N4O3/c1-5(4-13)10-8-3-6(12(14)15)2-7(9)11-8/h2-3,5,13H,4H2,1H3,(H3,9,10,11). The van der Waals surface area contributed by atoms with Crippen LogP contribution < -0.4 is 11.1 Å². The predicted molar refractivity (Wildman–Crippen MR) is 55.5 cm³/mol. The summed E-state index contributed by atoms with van der Waals surface area (Å²) in [6.45, 7) is 1.63. The van der Waals surface area contributed by atoms with Crippen LogP contribution >= 0.6 is 0 Å². The summed E-state index contributed by atoms with van der Waals surface area (Å²) in [6, 6.07) is 2.20. The molecule has 0 saturated carbocycles. The van der Waals surface area contributed by atoms with Gasteiger partial charge < -0.3 is 16.2 Å². The van der Waals surface area contributed by atoms with E-state index < -0.39 is 4.92 Å². The van der Waals surface area contributed by atoms with Crippen LogP contribution in [0.25, 0.3) is 0 Å². The molecule has 7 nitrogen and oxygen atoms in total. The molecule has 0 aliphatic heterocycles. The van der Waals surface area contributed by atoms with E-state index in [-0.39, 0.29) is 30.0 Å². The second-order valence-corrected chi connectivity index (χ2v) is 3.12. The summed E-state index contributed by atoms with van der Waals surface area (Å²) in [5, 5.41) is 22.1. The van der Waals surface area contributed by atoms with Crippen LogP contribution in [0.15, 0.2) is 12.1 Å². The van der Waals surface area contributed by atoms with Crippen LogP contribution in [0.4, 0.5) is 17.3 Å².